The Morgan fingerprint density at radius 1 is 1.30 bits per heavy atom. The van der Waals surface area contributed by atoms with Crippen molar-refractivity contribution in [2.45, 2.75) is 57.3 Å². The molecule has 0 spiro atoms. The maximum atomic E-state index is 12.3. The van der Waals surface area contributed by atoms with E-state index in [1.54, 1.807) is 25.1 Å². The van der Waals surface area contributed by atoms with Crippen LogP contribution in [0.4, 0.5) is 5.69 Å². The fourth-order valence-electron chi connectivity index (χ4n) is 2.72. The first-order chi connectivity index (χ1) is 10.9. The lowest BCUT2D eigenvalue weighted by molar-refractivity contribution is -0.115. The first kappa shape index (κ1) is 17.8. The number of hydrogen-bond donors (Lipinski definition) is 1. The molecule has 1 saturated carbocycles. The van der Waals surface area contributed by atoms with Crippen molar-refractivity contribution in [3.05, 3.63) is 24.3 Å². The number of amides is 1. The number of nitrogens with one attached hydrogen (secondary N) is 1. The van der Waals surface area contributed by atoms with E-state index >= 15 is 0 Å². The molecule has 2 rings (SSSR count). The smallest absolute Gasteiger partial charge is 0.242 e. The van der Waals surface area contributed by atoms with E-state index in [2.05, 4.69) is 5.32 Å². The van der Waals surface area contributed by atoms with Crippen molar-refractivity contribution < 1.29 is 17.9 Å². The van der Waals surface area contributed by atoms with Crippen molar-refractivity contribution in [2.75, 3.05) is 11.1 Å². The Balaban J connectivity index is 2.08. The molecule has 0 aromatic heterocycles. The molecular weight excluding hydrogens is 314 g/mol. The van der Waals surface area contributed by atoms with Gasteiger partial charge < -0.3 is 10.1 Å². The van der Waals surface area contributed by atoms with Gasteiger partial charge in [0.2, 0.25) is 5.91 Å². The molecule has 0 saturated heterocycles. The Bertz CT molecular complexity index is 636. The van der Waals surface area contributed by atoms with E-state index in [-0.39, 0.29) is 11.9 Å². The quantitative estimate of drug-likeness (QED) is 0.828. The second kappa shape index (κ2) is 7.81. The number of carbonyl (C=O) groups excluding carboxylic acids is 1. The van der Waals surface area contributed by atoms with Gasteiger partial charge in [-0.15, -0.1) is 0 Å². The lowest BCUT2D eigenvalue weighted by atomic mass is 10.2. The Hall–Kier alpha value is -1.56. The van der Waals surface area contributed by atoms with Crippen molar-refractivity contribution in [1.82, 2.24) is 0 Å². The molecule has 6 heteroatoms. The van der Waals surface area contributed by atoms with E-state index < -0.39 is 21.0 Å². The minimum Gasteiger partial charge on any atom is -0.488 e. The number of para-hydroxylation sites is 2. The summed E-state index contributed by atoms with van der Waals surface area (Å²) in [6.07, 6.45) is 5.03. The Morgan fingerprint density at radius 2 is 1.96 bits per heavy atom. The number of rotatable bonds is 7. The Labute approximate surface area is 138 Å². The first-order valence-electron chi connectivity index (χ1n) is 8.22. The summed E-state index contributed by atoms with van der Waals surface area (Å²) in [5, 5.41) is 1.64. The summed E-state index contributed by atoms with van der Waals surface area (Å²) in [5.74, 6) is 0.107. The average molecular weight is 339 g/mol. The van der Waals surface area contributed by atoms with Crippen LogP contribution < -0.4 is 10.1 Å². The Kier molecular flexibility index (Phi) is 6.04. The van der Waals surface area contributed by atoms with Gasteiger partial charge in [-0.1, -0.05) is 19.1 Å². The van der Waals surface area contributed by atoms with Crippen molar-refractivity contribution >= 4 is 21.4 Å². The molecule has 1 aliphatic carbocycles. The summed E-state index contributed by atoms with van der Waals surface area (Å²) in [6.45, 7) is 3.22. The zero-order valence-electron chi connectivity index (χ0n) is 13.7. The van der Waals surface area contributed by atoms with Crippen LogP contribution in [0.5, 0.6) is 5.75 Å². The van der Waals surface area contributed by atoms with Crippen LogP contribution in [0.3, 0.4) is 0 Å². The standard InChI is InChI=1S/C17H25NO4S/c1-3-12-23(20,21)13(2)17(19)18-15-10-6-7-11-16(15)22-14-8-4-5-9-14/h6-7,10-11,13-14H,3-5,8-9,12H2,1-2H3,(H,18,19)/t13-/m1/s1. The Morgan fingerprint density at radius 3 is 2.61 bits per heavy atom. The monoisotopic (exact) mass is 339 g/mol. The largest absolute Gasteiger partial charge is 0.488 e. The van der Waals surface area contributed by atoms with Gasteiger partial charge in [0, 0.05) is 0 Å². The highest BCUT2D eigenvalue weighted by atomic mass is 32.2. The maximum Gasteiger partial charge on any atom is 0.242 e. The van der Waals surface area contributed by atoms with Crippen molar-refractivity contribution in [3.63, 3.8) is 0 Å². The normalized spacial score (nSPS) is 17.0. The van der Waals surface area contributed by atoms with Crippen molar-refractivity contribution in [3.8, 4) is 5.75 Å². The number of benzene rings is 1. The van der Waals surface area contributed by atoms with Crippen LogP contribution in [-0.4, -0.2) is 31.4 Å². The molecule has 128 valence electrons. The predicted molar refractivity (Wildman–Crippen MR) is 91.5 cm³/mol. The van der Waals surface area contributed by atoms with Crippen LogP contribution in [0, 0.1) is 0 Å². The number of carbonyl (C=O) groups is 1. The third-order valence-corrected chi connectivity index (χ3v) is 6.41. The average Bonchev–Trinajstić information content (AvgIpc) is 3.01. The number of hydrogen-bond acceptors (Lipinski definition) is 4. The molecule has 0 radical (unpaired) electrons. The van der Waals surface area contributed by atoms with Gasteiger partial charge in [0.15, 0.2) is 9.84 Å². The second-order valence-electron chi connectivity index (χ2n) is 6.02. The molecule has 0 heterocycles. The van der Waals surface area contributed by atoms with Crippen LogP contribution >= 0.6 is 0 Å². The van der Waals surface area contributed by atoms with Crippen molar-refractivity contribution in [2.24, 2.45) is 0 Å². The fraction of sp³-hybridized carbons (Fsp3) is 0.588. The molecular formula is C17H25NO4S. The summed E-state index contributed by atoms with van der Waals surface area (Å²) in [6, 6.07) is 7.18. The first-order valence-corrected chi connectivity index (χ1v) is 9.93. The summed E-state index contributed by atoms with van der Waals surface area (Å²) < 4.78 is 30.0. The van der Waals surface area contributed by atoms with E-state index in [9.17, 15) is 13.2 Å². The third-order valence-electron chi connectivity index (χ3n) is 4.14. The van der Waals surface area contributed by atoms with Gasteiger partial charge in [-0.3, -0.25) is 4.79 Å². The number of sulfone groups is 1. The van der Waals surface area contributed by atoms with Crippen LogP contribution in [0.25, 0.3) is 0 Å². The zero-order valence-corrected chi connectivity index (χ0v) is 14.6. The molecule has 1 N–H and O–H groups in total. The molecule has 0 unspecified atom stereocenters. The second-order valence-corrected chi connectivity index (χ2v) is 8.46. The van der Waals surface area contributed by atoms with Gasteiger partial charge in [-0.05, 0) is 51.2 Å². The minimum atomic E-state index is -3.42. The number of ether oxygens (including phenoxy) is 1. The molecule has 23 heavy (non-hydrogen) atoms. The van der Waals surface area contributed by atoms with Crippen LogP contribution in [0.1, 0.15) is 46.0 Å². The van der Waals surface area contributed by atoms with Gasteiger partial charge in [0.05, 0.1) is 17.5 Å². The topological polar surface area (TPSA) is 72.5 Å². The third kappa shape index (κ3) is 4.70. The maximum absolute atomic E-state index is 12.3. The molecule has 0 aliphatic heterocycles. The van der Waals surface area contributed by atoms with Gasteiger partial charge in [-0.2, -0.15) is 0 Å². The summed E-state index contributed by atoms with van der Waals surface area (Å²) in [7, 11) is -3.42. The summed E-state index contributed by atoms with van der Waals surface area (Å²) in [4.78, 5) is 12.3. The highest BCUT2D eigenvalue weighted by molar-refractivity contribution is 7.92. The molecule has 1 aromatic rings. The highest BCUT2D eigenvalue weighted by Gasteiger charge is 2.28. The van der Waals surface area contributed by atoms with E-state index in [1.165, 1.54) is 6.92 Å². The van der Waals surface area contributed by atoms with Crippen LogP contribution in [0.2, 0.25) is 0 Å². The van der Waals surface area contributed by atoms with Gasteiger partial charge in [0.1, 0.15) is 11.0 Å². The molecule has 1 aromatic carbocycles. The molecule has 1 aliphatic rings. The molecule has 0 bridgehead atoms. The molecule has 1 amide bonds. The van der Waals surface area contributed by atoms with E-state index in [0.29, 0.717) is 17.9 Å². The predicted octanol–water partition coefficient (Wildman–Crippen LogP) is 3.16. The number of anilines is 1. The van der Waals surface area contributed by atoms with Crippen LogP contribution in [0.15, 0.2) is 24.3 Å². The SMILES string of the molecule is CCCS(=O)(=O)[C@H](C)C(=O)Nc1ccccc1OC1CCCC1. The van der Waals surface area contributed by atoms with Crippen LogP contribution in [-0.2, 0) is 14.6 Å². The van der Waals surface area contributed by atoms with Crippen molar-refractivity contribution in [1.29, 1.82) is 0 Å². The summed E-state index contributed by atoms with van der Waals surface area (Å²) in [5.41, 5.74) is 0.531. The molecule has 1 atom stereocenters. The van der Waals surface area contributed by atoms with Gasteiger partial charge in [-0.25, -0.2) is 8.42 Å². The lowest BCUT2D eigenvalue weighted by Crippen LogP contribution is -2.34. The van der Waals surface area contributed by atoms with E-state index in [1.807, 2.05) is 6.07 Å². The fourth-order valence-corrected chi connectivity index (χ4v) is 4.02. The highest BCUT2D eigenvalue weighted by Crippen LogP contribution is 2.30. The summed E-state index contributed by atoms with van der Waals surface area (Å²) >= 11 is 0. The zero-order chi connectivity index (χ0) is 16.9. The van der Waals surface area contributed by atoms with Gasteiger partial charge in [0.25, 0.3) is 0 Å². The lowest BCUT2D eigenvalue weighted by Gasteiger charge is -2.18. The van der Waals surface area contributed by atoms with E-state index in [4.69, 9.17) is 4.74 Å². The molecule has 1 fully saturated rings. The van der Waals surface area contributed by atoms with Gasteiger partial charge >= 0.3 is 0 Å². The molecule has 5 nitrogen and oxygen atoms in total. The minimum absolute atomic E-state index is 0.0157. The van der Waals surface area contributed by atoms with E-state index in [0.717, 1.165) is 25.7 Å².